The number of nitrogens with zero attached hydrogens (tertiary/aromatic N) is 2. The van der Waals surface area contributed by atoms with Crippen LogP contribution >= 0.6 is 11.3 Å². The van der Waals surface area contributed by atoms with Gasteiger partial charge in [0.1, 0.15) is 0 Å². The van der Waals surface area contributed by atoms with Crippen molar-refractivity contribution in [2.45, 2.75) is 44.4 Å². The van der Waals surface area contributed by atoms with E-state index in [1.54, 1.807) is 11.3 Å². The fourth-order valence-electron chi connectivity index (χ4n) is 2.45. The molecule has 5 heteroatoms. The van der Waals surface area contributed by atoms with Gasteiger partial charge in [0.05, 0.1) is 11.8 Å². The van der Waals surface area contributed by atoms with Crippen LogP contribution in [0.5, 0.6) is 0 Å². The molecule has 0 aliphatic heterocycles. The zero-order valence-corrected chi connectivity index (χ0v) is 10.5. The molecule has 0 radical (unpaired) electrons. The highest BCUT2D eigenvalue weighted by Crippen LogP contribution is 2.19. The van der Waals surface area contributed by atoms with Crippen molar-refractivity contribution in [3.8, 4) is 0 Å². The molecule has 1 saturated carbocycles. The van der Waals surface area contributed by atoms with Gasteiger partial charge in [-0.05, 0) is 12.8 Å². The Labute approximate surface area is 104 Å². The molecule has 2 heterocycles. The van der Waals surface area contributed by atoms with Crippen LogP contribution in [-0.4, -0.2) is 26.6 Å². The van der Waals surface area contributed by atoms with E-state index >= 15 is 0 Å². The Kier molecular flexibility index (Phi) is 3.13. The van der Waals surface area contributed by atoms with Crippen molar-refractivity contribution in [2.24, 2.45) is 0 Å². The molecule has 2 aromatic rings. The van der Waals surface area contributed by atoms with Crippen LogP contribution in [0, 0.1) is 0 Å². The van der Waals surface area contributed by atoms with Crippen LogP contribution in [-0.2, 0) is 6.54 Å². The monoisotopic (exact) mass is 251 g/mol. The number of aromatic nitrogens is 2. The minimum Gasteiger partial charge on any atom is -0.392 e. The number of rotatable bonds is 3. The van der Waals surface area contributed by atoms with E-state index in [1.807, 2.05) is 22.2 Å². The highest BCUT2D eigenvalue weighted by molar-refractivity contribution is 7.15. The molecule has 2 unspecified atom stereocenters. The predicted molar refractivity (Wildman–Crippen MR) is 68.2 cm³/mol. The summed E-state index contributed by atoms with van der Waals surface area (Å²) < 4.78 is 2.04. The van der Waals surface area contributed by atoms with E-state index in [9.17, 15) is 5.11 Å². The zero-order valence-electron chi connectivity index (χ0n) is 9.67. The Morgan fingerprint density at radius 2 is 2.35 bits per heavy atom. The lowest BCUT2D eigenvalue weighted by Crippen LogP contribution is -2.41. The normalized spacial score (nSPS) is 25.5. The van der Waals surface area contributed by atoms with E-state index in [0.29, 0.717) is 0 Å². The van der Waals surface area contributed by atoms with Crippen LogP contribution in [0.1, 0.15) is 31.4 Å². The molecule has 0 aromatic carbocycles. The summed E-state index contributed by atoms with van der Waals surface area (Å²) in [6.07, 6.45) is 8.25. The summed E-state index contributed by atoms with van der Waals surface area (Å²) in [5, 5.41) is 15.3. The molecular weight excluding hydrogens is 234 g/mol. The molecule has 0 amide bonds. The molecule has 0 bridgehead atoms. The molecule has 1 aliphatic carbocycles. The van der Waals surface area contributed by atoms with Crippen molar-refractivity contribution >= 4 is 16.3 Å². The number of hydrogen-bond donors (Lipinski definition) is 2. The Morgan fingerprint density at radius 1 is 1.47 bits per heavy atom. The highest BCUT2D eigenvalue weighted by atomic mass is 32.1. The molecule has 2 atom stereocenters. The van der Waals surface area contributed by atoms with Crippen LogP contribution in [0.2, 0.25) is 0 Å². The summed E-state index contributed by atoms with van der Waals surface area (Å²) in [6.45, 7) is 0.746. The topological polar surface area (TPSA) is 49.6 Å². The predicted octanol–water partition coefficient (Wildman–Crippen LogP) is 1.79. The van der Waals surface area contributed by atoms with Crippen molar-refractivity contribution in [1.82, 2.24) is 14.7 Å². The number of thiazole rings is 1. The Morgan fingerprint density at radius 3 is 3.18 bits per heavy atom. The SMILES string of the molecule is OC1CCCCC1NCc1cn2ccsc2n1. The lowest BCUT2D eigenvalue weighted by Gasteiger charge is -2.28. The van der Waals surface area contributed by atoms with Gasteiger partial charge in [0, 0.05) is 30.4 Å². The van der Waals surface area contributed by atoms with Crippen molar-refractivity contribution in [1.29, 1.82) is 0 Å². The number of hydrogen-bond acceptors (Lipinski definition) is 4. The molecule has 17 heavy (non-hydrogen) atoms. The maximum atomic E-state index is 9.86. The second-order valence-electron chi connectivity index (χ2n) is 4.66. The standard InChI is InChI=1S/C12H17N3OS/c16-11-4-2-1-3-10(11)13-7-9-8-15-5-6-17-12(15)14-9/h5-6,8,10-11,13,16H,1-4,7H2. The second-order valence-corrected chi connectivity index (χ2v) is 5.54. The van der Waals surface area contributed by atoms with Gasteiger partial charge in [0.25, 0.3) is 0 Å². The molecule has 92 valence electrons. The van der Waals surface area contributed by atoms with Gasteiger partial charge in [-0.3, -0.25) is 4.40 Å². The summed E-state index contributed by atoms with van der Waals surface area (Å²) in [5.41, 5.74) is 1.05. The van der Waals surface area contributed by atoms with Gasteiger partial charge in [-0.15, -0.1) is 11.3 Å². The fraction of sp³-hybridized carbons (Fsp3) is 0.583. The number of fused-ring (bicyclic) bond motifs is 1. The third-order valence-electron chi connectivity index (χ3n) is 3.42. The number of imidazole rings is 1. The van der Waals surface area contributed by atoms with Crippen LogP contribution < -0.4 is 5.32 Å². The fourth-order valence-corrected chi connectivity index (χ4v) is 3.17. The lowest BCUT2D eigenvalue weighted by atomic mass is 9.92. The van der Waals surface area contributed by atoms with Crippen molar-refractivity contribution in [2.75, 3.05) is 0 Å². The van der Waals surface area contributed by atoms with E-state index in [4.69, 9.17) is 0 Å². The summed E-state index contributed by atoms with van der Waals surface area (Å²) in [6, 6.07) is 0.239. The molecule has 2 N–H and O–H groups in total. The molecule has 1 fully saturated rings. The summed E-state index contributed by atoms with van der Waals surface area (Å²) >= 11 is 1.64. The Bertz CT molecular complexity index is 464. The first-order chi connectivity index (χ1) is 8.33. The van der Waals surface area contributed by atoms with E-state index in [1.165, 1.54) is 6.42 Å². The average molecular weight is 251 g/mol. The number of aliphatic hydroxyl groups excluding tert-OH is 1. The number of aliphatic hydroxyl groups is 1. The second kappa shape index (κ2) is 4.76. The molecule has 2 aromatic heterocycles. The maximum absolute atomic E-state index is 9.86. The molecular formula is C12H17N3OS. The first kappa shape index (κ1) is 11.2. The van der Waals surface area contributed by atoms with Gasteiger partial charge in [0.15, 0.2) is 4.96 Å². The van der Waals surface area contributed by atoms with E-state index < -0.39 is 0 Å². The van der Waals surface area contributed by atoms with Crippen molar-refractivity contribution in [3.05, 3.63) is 23.5 Å². The first-order valence-corrected chi connectivity index (χ1v) is 7.03. The van der Waals surface area contributed by atoms with Gasteiger partial charge < -0.3 is 10.4 Å². The third-order valence-corrected chi connectivity index (χ3v) is 4.19. The molecule has 0 spiro atoms. The quantitative estimate of drug-likeness (QED) is 0.874. The molecule has 0 saturated heterocycles. The van der Waals surface area contributed by atoms with Gasteiger partial charge in [0.2, 0.25) is 0 Å². The zero-order chi connectivity index (χ0) is 11.7. The van der Waals surface area contributed by atoms with Crippen LogP contribution in [0.15, 0.2) is 17.8 Å². The lowest BCUT2D eigenvalue weighted by molar-refractivity contribution is 0.0901. The maximum Gasteiger partial charge on any atom is 0.193 e. The summed E-state index contributed by atoms with van der Waals surface area (Å²) in [7, 11) is 0. The van der Waals surface area contributed by atoms with Crippen LogP contribution in [0.4, 0.5) is 0 Å². The van der Waals surface area contributed by atoms with Crippen LogP contribution in [0.25, 0.3) is 4.96 Å². The smallest absolute Gasteiger partial charge is 0.193 e. The molecule has 4 nitrogen and oxygen atoms in total. The largest absolute Gasteiger partial charge is 0.392 e. The van der Waals surface area contributed by atoms with Gasteiger partial charge in [-0.1, -0.05) is 12.8 Å². The first-order valence-electron chi connectivity index (χ1n) is 6.15. The third kappa shape index (κ3) is 2.36. The van der Waals surface area contributed by atoms with Gasteiger partial charge in [-0.25, -0.2) is 4.98 Å². The van der Waals surface area contributed by atoms with Gasteiger partial charge in [-0.2, -0.15) is 0 Å². The molecule has 1 aliphatic rings. The number of nitrogens with one attached hydrogen (secondary N) is 1. The molecule has 3 rings (SSSR count). The minimum atomic E-state index is -0.188. The van der Waals surface area contributed by atoms with E-state index in [-0.39, 0.29) is 12.1 Å². The highest BCUT2D eigenvalue weighted by Gasteiger charge is 2.22. The Balaban J connectivity index is 1.61. The van der Waals surface area contributed by atoms with E-state index in [2.05, 4.69) is 10.3 Å². The van der Waals surface area contributed by atoms with Crippen LogP contribution in [0.3, 0.4) is 0 Å². The van der Waals surface area contributed by atoms with Crippen molar-refractivity contribution < 1.29 is 5.11 Å². The van der Waals surface area contributed by atoms with E-state index in [0.717, 1.165) is 36.5 Å². The summed E-state index contributed by atoms with van der Waals surface area (Å²) in [4.78, 5) is 5.55. The summed E-state index contributed by atoms with van der Waals surface area (Å²) in [5.74, 6) is 0. The Hall–Kier alpha value is -0.910. The minimum absolute atomic E-state index is 0.188. The average Bonchev–Trinajstić information content (AvgIpc) is 2.88. The van der Waals surface area contributed by atoms with Crippen molar-refractivity contribution in [3.63, 3.8) is 0 Å². The van der Waals surface area contributed by atoms with Gasteiger partial charge >= 0.3 is 0 Å².